The van der Waals surface area contributed by atoms with Gasteiger partial charge in [-0.1, -0.05) is 0 Å². The van der Waals surface area contributed by atoms with Crippen molar-refractivity contribution >= 4 is 27.6 Å². The molecular formula is C16H17BrF3N5. The third kappa shape index (κ3) is 4.20. The summed E-state index contributed by atoms with van der Waals surface area (Å²) in [5, 5.41) is 0. The van der Waals surface area contributed by atoms with Crippen LogP contribution in [-0.4, -0.2) is 41.1 Å². The lowest BCUT2D eigenvalue weighted by Gasteiger charge is -2.37. The molecule has 0 saturated carbocycles. The highest BCUT2D eigenvalue weighted by molar-refractivity contribution is 9.10. The van der Waals surface area contributed by atoms with Gasteiger partial charge < -0.3 is 9.80 Å². The standard InChI is InChI=1S/C16H17BrF3N5/c1-24(15-22-9-11(17)10-23-15)12-3-6-25(7-4-12)13-2-5-21-14(8-13)16(18,19)20/h2,5,8-10,12H,3-4,6-7H2,1H3. The molecule has 1 aliphatic rings. The molecule has 2 aromatic heterocycles. The first-order chi connectivity index (χ1) is 11.8. The van der Waals surface area contributed by atoms with Crippen LogP contribution in [0.3, 0.4) is 0 Å². The summed E-state index contributed by atoms with van der Waals surface area (Å²) in [6.07, 6.45) is 1.83. The zero-order valence-electron chi connectivity index (χ0n) is 13.5. The highest BCUT2D eigenvalue weighted by Crippen LogP contribution is 2.31. The number of nitrogens with zero attached hydrogens (tertiary/aromatic N) is 5. The van der Waals surface area contributed by atoms with Crippen LogP contribution in [0.1, 0.15) is 18.5 Å². The zero-order valence-corrected chi connectivity index (χ0v) is 15.1. The van der Waals surface area contributed by atoms with Gasteiger partial charge in [0, 0.05) is 50.5 Å². The summed E-state index contributed by atoms with van der Waals surface area (Å²) >= 11 is 3.31. The van der Waals surface area contributed by atoms with Crippen molar-refractivity contribution in [2.45, 2.75) is 25.1 Å². The van der Waals surface area contributed by atoms with E-state index >= 15 is 0 Å². The third-order valence-corrected chi connectivity index (χ3v) is 4.74. The fourth-order valence-corrected chi connectivity index (χ4v) is 3.14. The summed E-state index contributed by atoms with van der Waals surface area (Å²) in [6, 6.07) is 2.99. The quantitative estimate of drug-likeness (QED) is 0.763. The van der Waals surface area contributed by atoms with E-state index in [1.807, 2.05) is 16.8 Å². The molecule has 1 saturated heterocycles. The lowest BCUT2D eigenvalue weighted by Crippen LogP contribution is -2.44. The molecule has 3 heterocycles. The predicted octanol–water partition coefficient (Wildman–Crippen LogP) is 3.76. The Morgan fingerprint density at radius 3 is 2.40 bits per heavy atom. The van der Waals surface area contributed by atoms with E-state index in [1.54, 1.807) is 18.5 Å². The molecule has 0 amide bonds. The lowest BCUT2D eigenvalue weighted by atomic mass is 10.0. The largest absolute Gasteiger partial charge is 0.433 e. The van der Waals surface area contributed by atoms with Crippen LogP contribution in [0.5, 0.6) is 0 Å². The Hall–Kier alpha value is -1.90. The number of halogens is 4. The summed E-state index contributed by atoms with van der Waals surface area (Å²) in [7, 11) is 1.94. The predicted molar refractivity (Wildman–Crippen MR) is 92.6 cm³/mol. The van der Waals surface area contributed by atoms with E-state index in [9.17, 15) is 13.2 Å². The van der Waals surface area contributed by atoms with Gasteiger partial charge in [0.25, 0.3) is 0 Å². The topological polar surface area (TPSA) is 45.2 Å². The molecule has 0 atom stereocenters. The normalized spacial score (nSPS) is 16.1. The summed E-state index contributed by atoms with van der Waals surface area (Å²) < 4.78 is 39.3. The molecule has 1 fully saturated rings. The molecule has 0 unspecified atom stereocenters. The number of pyridine rings is 1. The highest BCUT2D eigenvalue weighted by Gasteiger charge is 2.33. The van der Waals surface area contributed by atoms with Crippen molar-refractivity contribution in [2.24, 2.45) is 0 Å². The van der Waals surface area contributed by atoms with E-state index in [4.69, 9.17) is 0 Å². The zero-order chi connectivity index (χ0) is 18.0. The van der Waals surface area contributed by atoms with Gasteiger partial charge in [0.15, 0.2) is 0 Å². The number of piperidine rings is 1. The number of rotatable bonds is 3. The molecule has 5 nitrogen and oxygen atoms in total. The SMILES string of the molecule is CN(c1ncc(Br)cn1)C1CCN(c2ccnc(C(F)(F)F)c2)CC1. The first-order valence-corrected chi connectivity index (χ1v) is 8.62. The van der Waals surface area contributed by atoms with Crippen molar-refractivity contribution in [1.29, 1.82) is 0 Å². The number of hydrogen-bond acceptors (Lipinski definition) is 5. The summed E-state index contributed by atoms with van der Waals surface area (Å²) in [5.41, 5.74) is -0.296. The van der Waals surface area contributed by atoms with E-state index in [0.29, 0.717) is 24.7 Å². The van der Waals surface area contributed by atoms with Crippen LogP contribution < -0.4 is 9.80 Å². The smallest absolute Gasteiger partial charge is 0.371 e. The van der Waals surface area contributed by atoms with Crippen LogP contribution in [0.4, 0.5) is 24.8 Å². The van der Waals surface area contributed by atoms with Crippen LogP contribution in [0.25, 0.3) is 0 Å². The average Bonchev–Trinajstić information content (AvgIpc) is 2.61. The molecule has 0 radical (unpaired) electrons. The van der Waals surface area contributed by atoms with Gasteiger partial charge in [-0.05, 0) is 40.9 Å². The van der Waals surface area contributed by atoms with Gasteiger partial charge >= 0.3 is 6.18 Å². The summed E-state index contributed by atoms with van der Waals surface area (Å²) in [5.74, 6) is 0.643. The lowest BCUT2D eigenvalue weighted by molar-refractivity contribution is -0.141. The van der Waals surface area contributed by atoms with E-state index in [0.717, 1.165) is 23.4 Å². The van der Waals surface area contributed by atoms with E-state index in [1.165, 1.54) is 6.20 Å². The molecule has 0 aromatic carbocycles. The summed E-state index contributed by atoms with van der Waals surface area (Å²) in [4.78, 5) is 16.0. The first-order valence-electron chi connectivity index (χ1n) is 7.83. The molecule has 2 aromatic rings. The molecule has 1 aliphatic heterocycles. The first kappa shape index (κ1) is 17.9. The van der Waals surface area contributed by atoms with Crippen molar-refractivity contribution in [1.82, 2.24) is 15.0 Å². The summed E-state index contributed by atoms with van der Waals surface area (Å²) in [6.45, 7) is 1.35. The average molecular weight is 416 g/mol. The van der Waals surface area contributed by atoms with Gasteiger partial charge in [-0.25, -0.2) is 9.97 Å². The Kier molecular flexibility index (Phi) is 5.12. The van der Waals surface area contributed by atoms with Gasteiger partial charge in [-0.2, -0.15) is 13.2 Å². The number of anilines is 2. The molecule has 0 spiro atoms. The van der Waals surface area contributed by atoms with Gasteiger partial charge in [-0.3, -0.25) is 4.98 Å². The molecule has 0 bridgehead atoms. The van der Waals surface area contributed by atoms with E-state index < -0.39 is 11.9 Å². The minimum atomic E-state index is -4.42. The highest BCUT2D eigenvalue weighted by atomic mass is 79.9. The van der Waals surface area contributed by atoms with Crippen molar-refractivity contribution in [3.63, 3.8) is 0 Å². The second-order valence-electron chi connectivity index (χ2n) is 5.93. The van der Waals surface area contributed by atoms with Crippen molar-refractivity contribution in [3.8, 4) is 0 Å². The maximum absolute atomic E-state index is 12.8. The monoisotopic (exact) mass is 415 g/mol. The number of alkyl halides is 3. The van der Waals surface area contributed by atoms with Crippen molar-refractivity contribution < 1.29 is 13.2 Å². The van der Waals surface area contributed by atoms with Gasteiger partial charge in [0.2, 0.25) is 5.95 Å². The number of aromatic nitrogens is 3. The van der Waals surface area contributed by atoms with Crippen LogP contribution >= 0.6 is 15.9 Å². The second-order valence-corrected chi connectivity index (χ2v) is 6.84. The van der Waals surface area contributed by atoms with Gasteiger partial charge in [-0.15, -0.1) is 0 Å². The Bertz CT molecular complexity index is 714. The Morgan fingerprint density at radius 1 is 1.16 bits per heavy atom. The van der Waals surface area contributed by atoms with Crippen LogP contribution in [0.2, 0.25) is 0 Å². The molecule has 9 heteroatoms. The second kappa shape index (κ2) is 7.15. The fourth-order valence-electron chi connectivity index (χ4n) is 2.93. The minimum absolute atomic E-state index is 0.251. The van der Waals surface area contributed by atoms with Crippen molar-refractivity contribution in [3.05, 3.63) is 40.9 Å². The van der Waals surface area contributed by atoms with Gasteiger partial charge in [0.1, 0.15) is 5.69 Å². The maximum Gasteiger partial charge on any atom is 0.433 e. The molecule has 3 rings (SSSR count). The number of hydrogen-bond donors (Lipinski definition) is 0. The third-order valence-electron chi connectivity index (χ3n) is 4.33. The van der Waals surface area contributed by atoms with Crippen LogP contribution in [-0.2, 0) is 6.18 Å². The fraction of sp³-hybridized carbons (Fsp3) is 0.438. The molecule has 0 aliphatic carbocycles. The van der Waals surface area contributed by atoms with Gasteiger partial charge in [0.05, 0.1) is 4.47 Å². The Labute approximate surface area is 152 Å². The molecule has 25 heavy (non-hydrogen) atoms. The van der Waals surface area contributed by atoms with E-state index in [2.05, 4.69) is 30.9 Å². The van der Waals surface area contributed by atoms with E-state index in [-0.39, 0.29) is 6.04 Å². The minimum Gasteiger partial charge on any atom is -0.371 e. The Balaban J connectivity index is 1.65. The molecular weight excluding hydrogens is 399 g/mol. The molecule has 134 valence electrons. The van der Waals surface area contributed by atoms with Crippen LogP contribution in [0.15, 0.2) is 35.2 Å². The van der Waals surface area contributed by atoms with Crippen LogP contribution in [0, 0.1) is 0 Å². The Morgan fingerprint density at radius 2 is 1.80 bits per heavy atom. The molecule has 0 N–H and O–H groups in total. The van der Waals surface area contributed by atoms with Crippen molar-refractivity contribution in [2.75, 3.05) is 29.9 Å². The maximum atomic E-state index is 12.8.